The second-order valence-corrected chi connectivity index (χ2v) is 6.13. The van der Waals surface area contributed by atoms with Crippen molar-refractivity contribution in [1.82, 2.24) is 19.6 Å². The molecule has 0 bridgehead atoms. The van der Waals surface area contributed by atoms with E-state index in [1.54, 1.807) is 22.7 Å². The minimum absolute atomic E-state index is 0.158. The Bertz CT molecular complexity index is 936. The molecule has 0 saturated heterocycles. The first-order valence-electron chi connectivity index (χ1n) is 6.66. The van der Waals surface area contributed by atoms with E-state index in [9.17, 15) is 9.59 Å². The summed E-state index contributed by atoms with van der Waals surface area (Å²) in [6.45, 7) is 1.89. The quantitative estimate of drug-likeness (QED) is 0.704. The smallest absolute Gasteiger partial charge is 0.252 e. The number of anilines is 1. The maximum Gasteiger partial charge on any atom is 0.252 e. The molecule has 118 valence electrons. The third kappa shape index (κ3) is 3.54. The Morgan fingerprint density at radius 3 is 3.00 bits per heavy atom. The van der Waals surface area contributed by atoms with Crippen LogP contribution in [-0.4, -0.2) is 31.2 Å². The summed E-state index contributed by atoms with van der Waals surface area (Å²) in [6.07, 6.45) is 1.56. The van der Waals surface area contributed by atoms with Gasteiger partial charge in [0.2, 0.25) is 11.7 Å². The highest BCUT2D eigenvalue weighted by Gasteiger charge is 2.10. The molecule has 2 heterocycles. The summed E-state index contributed by atoms with van der Waals surface area (Å²) in [5.74, 6) is 0.313. The van der Waals surface area contributed by atoms with Crippen LogP contribution in [0.5, 0.6) is 0 Å². The predicted molar refractivity (Wildman–Crippen MR) is 89.2 cm³/mol. The molecule has 7 nitrogen and oxygen atoms in total. The topological polar surface area (TPSA) is 92.2 Å². The first-order valence-corrected chi connectivity index (χ1v) is 8.02. The molecule has 0 atom stereocenters. The summed E-state index contributed by atoms with van der Waals surface area (Å²) in [5.41, 5.74) is 1.33. The molecule has 23 heavy (non-hydrogen) atoms. The van der Waals surface area contributed by atoms with Gasteiger partial charge in [0.05, 0.1) is 5.75 Å². The van der Waals surface area contributed by atoms with Crippen molar-refractivity contribution in [2.24, 2.45) is 0 Å². The molecule has 0 radical (unpaired) electrons. The summed E-state index contributed by atoms with van der Waals surface area (Å²) in [5, 5.41) is 11.7. The molecule has 1 amide bonds. The number of nitrogens with zero attached hydrogens (tertiary/aromatic N) is 3. The summed E-state index contributed by atoms with van der Waals surface area (Å²) >= 11 is 7.25. The number of benzene rings is 1. The highest BCUT2D eigenvalue weighted by atomic mass is 35.5. The van der Waals surface area contributed by atoms with Gasteiger partial charge in [0.1, 0.15) is 0 Å². The van der Waals surface area contributed by atoms with E-state index in [1.165, 1.54) is 17.8 Å². The van der Waals surface area contributed by atoms with Gasteiger partial charge in [-0.3, -0.25) is 19.0 Å². The van der Waals surface area contributed by atoms with Gasteiger partial charge in [0.25, 0.3) is 5.56 Å². The predicted octanol–water partition coefficient (Wildman–Crippen LogP) is 2.11. The fourth-order valence-corrected chi connectivity index (χ4v) is 2.78. The molecule has 2 N–H and O–H groups in total. The normalized spacial score (nSPS) is 10.9. The van der Waals surface area contributed by atoms with Crippen molar-refractivity contribution in [3.63, 3.8) is 0 Å². The molecule has 0 aliphatic carbocycles. The Hall–Kier alpha value is -2.32. The summed E-state index contributed by atoms with van der Waals surface area (Å²) in [7, 11) is 0. The van der Waals surface area contributed by atoms with Crippen LogP contribution in [0.3, 0.4) is 0 Å². The first kappa shape index (κ1) is 15.6. The number of carbonyl (C=O) groups is 1. The molecule has 3 aromatic rings. The molecule has 0 aliphatic heterocycles. The number of fused-ring (bicyclic) bond motifs is 1. The zero-order valence-corrected chi connectivity index (χ0v) is 13.6. The minimum Gasteiger partial charge on any atom is -0.325 e. The van der Waals surface area contributed by atoms with E-state index in [2.05, 4.69) is 20.5 Å². The van der Waals surface area contributed by atoms with Crippen LogP contribution >= 0.6 is 23.4 Å². The summed E-state index contributed by atoms with van der Waals surface area (Å²) < 4.78 is 1.61. The van der Waals surface area contributed by atoms with Crippen molar-refractivity contribution in [2.45, 2.75) is 12.1 Å². The Labute approximate surface area is 140 Å². The van der Waals surface area contributed by atoms with Crippen LogP contribution in [0.4, 0.5) is 5.69 Å². The SMILES string of the molecule is Cc1ccc(NC(=O)CSc2nnc3[nH]c(=O)ccn23)cc1Cl. The lowest BCUT2D eigenvalue weighted by molar-refractivity contribution is -0.113. The van der Waals surface area contributed by atoms with E-state index >= 15 is 0 Å². The number of amides is 1. The second-order valence-electron chi connectivity index (χ2n) is 4.78. The van der Waals surface area contributed by atoms with Gasteiger partial charge in [0.15, 0.2) is 5.16 Å². The second kappa shape index (κ2) is 6.43. The van der Waals surface area contributed by atoms with E-state index in [-0.39, 0.29) is 17.2 Å². The van der Waals surface area contributed by atoms with Crippen molar-refractivity contribution in [1.29, 1.82) is 0 Å². The standard InChI is InChI=1S/C14H12ClN5O2S/c1-8-2-3-9(6-10(8)15)16-12(22)7-23-14-19-18-13-17-11(21)4-5-20(13)14/h2-6H,7H2,1H3,(H,16,22)(H,17,18,21). The minimum atomic E-state index is -0.254. The third-order valence-electron chi connectivity index (χ3n) is 3.06. The molecular weight excluding hydrogens is 338 g/mol. The first-order chi connectivity index (χ1) is 11.0. The number of H-pyrrole nitrogens is 1. The zero-order valence-electron chi connectivity index (χ0n) is 12.0. The van der Waals surface area contributed by atoms with Gasteiger partial charge in [-0.2, -0.15) is 0 Å². The number of halogens is 1. The van der Waals surface area contributed by atoms with Crippen molar-refractivity contribution in [3.8, 4) is 0 Å². The zero-order chi connectivity index (χ0) is 16.4. The average Bonchev–Trinajstić information content (AvgIpc) is 2.91. The van der Waals surface area contributed by atoms with Crippen LogP contribution < -0.4 is 10.9 Å². The van der Waals surface area contributed by atoms with Gasteiger partial charge >= 0.3 is 0 Å². The summed E-state index contributed by atoms with van der Waals surface area (Å²) in [6, 6.07) is 6.71. The largest absolute Gasteiger partial charge is 0.325 e. The molecular formula is C14H12ClN5O2S. The van der Waals surface area contributed by atoms with E-state index in [0.717, 1.165) is 5.56 Å². The number of hydrogen-bond acceptors (Lipinski definition) is 5. The van der Waals surface area contributed by atoms with Crippen LogP contribution in [0.25, 0.3) is 5.78 Å². The van der Waals surface area contributed by atoms with Crippen molar-refractivity contribution in [2.75, 3.05) is 11.1 Å². The fraction of sp³-hybridized carbons (Fsp3) is 0.143. The number of nitrogens with one attached hydrogen (secondary N) is 2. The van der Waals surface area contributed by atoms with Crippen LogP contribution in [0.15, 0.2) is 40.4 Å². The van der Waals surface area contributed by atoms with Gasteiger partial charge in [-0.15, -0.1) is 10.2 Å². The third-order valence-corrected chi connectivity index (χ3v) is 4.41. The lowest BCUT2D eigenvalue weighted by Crippen LogP contribution is -2.14. The van der Waals surface area contributed by atoms with Gasteiger partial charge in [-0.1, -0.05) is 29.4 Å². The van der Waals surface area contributed by atoms with Crippen molar-refractivity contribution >= 4 is 40.7 Å². The number of rotatable bonds is 4. The Kier molecular flexibility index (Phi) is 4.35. The molecule has 3 rings (SSSR count). The van der Waals surface area contributed by atoms with Gasteiger partial charge < -0.3 is 5.32 Å². The number of thioether (sulfide) groups is 1. The molecule has 0 spiro atoms. The van der Waals surface area contributed by atoms with Crippen molar-refractivity contribution < 1.29 is 4.79 Å². The molecule has 1 aromatic carbocycles. The van der Waals surface area contributed by atoms with Crippen LogP contribution in [0.2, 0.25) is 5.02 Å². The Morgan fingerprint density at radius 1 is 1.39 bits per heavy atom. The highest BCUT2D eigenvalue weighted by molar-refractivity contribution is 7.99. The Morgan fingerprint density at radius 2 is 2.22 bits per heavy atom. The molecule has 0 aliphatic rings. The van der Waals surface area contributed by atoms with E-state index in [1.807, 2.05) is 13.0 Å². The average molecular weight is 350 g/mol. The molecule has 9 heteroatoms. The van der Waals surface area contributed by atoms with Crippen LogP contribution in [0.1, 0.15) is 5.56 Å². The number of aromatic amines is 1. The molecule has 0 unspecified atom stereocenters. The lowest BCUT2D eigenvalue weighted by atomic mass is 10.2. The number of hydrogen-bond donors (Lipinski definition) is 2. The monoisotopic (exact) mass is 349 g/mol. The Balaban J connectivity index is 1.66. The van der Waals surface area contributed by atoms with Gasteiger partial charge in [-0.25, -0.2) is 0 Å². The number of aromatic nitrogens is 4. The molecule has 2 aromatic heterocycles. The maximum absolute atomic E-state index is 12.0. The fourth-order valence-electron chi connectivity index (χ4n) is 1.89. The van der Waals surface area contributed by atoms with Crippen molar-refractivity contribution in [3.05, 3.63) is 51.4 Å². The number of carbonyl (C=O) groups excluding carboxylic acids is 1. The van der Waals surface area contributed by atoms with Gasteiger partial charge in [-0.05, 0) is 24.6 Å². The maximum atomic E-state index is 12.0. The van der Waals surface area contributed by atoms with E-state index in [4.69, 9.17) is 11.6 Å². The van der Waals surface area contributed by atoms with Crippen LogP contribution in [0, 0.1) is 6.92 Å². The van der Waals surface area contributed by atoms with E-state index < -0.39 is 0 Å². The van der Waals surface area contributed by atoms with E-state index in [0.29, 0.717) is 21.6 Å². The van der Waals surface area contributed by atoms with Gasteiger partial charge in [0, 0.05) is 23.0 Å². The highest BCUT2D eigenvalue weighted by Crippen LogP contribution is 2.21. The van der Waals surface area contributed by atoms with Crippen LogP contribution in [-0.2, 0) is 4.79 Å². The summed E-state index contributed by atoms with van der Waals surface area (Å²) in [4.78, 5) is 25.8. The molecule has 0 fully saturated rings. The molecule has 0 saturated carbocycles. The number of aryl methyl sites for hydroxylation is 1. The lowest BCUT2D eigenvalue weighted by Gasteiger charge is -2.06.